The van der Waals surface area contributed by atoms with E-state index in [1.165, 1.54) is 0 Å². The number of primary amides is 1. The van der Waals surface area contributed by atoms with E-state index >= 15 is 0 Å². The minimum absolute atomic E-state index is 0. The SMILES string of the molecule is C.CC.CCCCN1CCN(CCCC(=O)N2CCNCC2)CCN(CC(=O)OC(C)(C)C)CCN(CC(=O)OC(C)(C)C)CC1.NC(=O)O.[HH]. The van der Waals surface area contributed by atoms with E-state index in [0.29, 0.717) is 26.1 Å². The molecule has 2 rings (SSSR count). The number of amides is 2. The number of carbonyl (C=O) groups is 4. The van der Waals surface area contributed by atoms with Gasteiger partial charge in [0.1, 0.15) is 11.2 Å². The highest BCUT2D eigenvalue weighted by molar-refractivity contribution is 5.76. The van der Waals surface area contributed by atoms with Crippen molar-refractivity contribution in [1.82, 2.24) is 29.8 Å². The van der Waals surface area contributed by atoms with Crippen LogP contribution >= 0.6 is 0 Å². The lowest BCUT2D eigenvalue weighted by atomic mass is 10.2. The van der Waals surface area contributed by atoms with Crippen LogP contribution in [0.2, 0.25) is 0 Å². The molecule has 4 N–H and O–H groups in total. The Bertz CT molecular complexity index is 938. The maximum absolute atomic E-state index is 12.8. The second-order valence-electron chi connectivity index (χ2n) is 14.3. The summed E-state index contributed by atoms with van der Waals surface area (Å²) < 4.78 is 11.3. The molecule has 0 unspecified atom stereocenters. The van der Waals surface area contributed by atoms with Crippen LogP contribution in [0.3, 0.4) is 0 Å². The molecular weight excluding hydrogens is 642 g/mol. The first kappa shape index (κ1) is 49.6. The molecule has 0 aromatic rings. The zero-order chi connectivity index (χ0) is 37.5. The molecule has 2 saturated heterocycles. The molecule has 0 spiro atoms. The molecule has 0 saturated carbocycles. The number of nitrogens with two attached hydrogens (primary N) is 1. The van der Waals surface area contributed by atoms with E-state index in [2.05, 4.69) is 37.6 Å². The predicted octanol–water partition coefficient (Wildman–Crippen LogP) is 3.43. The second kappa shape index (κ2) is 27.2. The molecule has 0 radical (unpaired) electrons. The number of rotatable bonds is 11. The smallest absolute Gasteiger partial charge is 0.402 e. The van der Waals surface area contributed by atoms with Gasteiger partial charge in [0.15, 0.2) is 0 Å². The zero-order valence-corrected chi connectivity index (χ0v) is 32.4. The summed E-state index contributed by atoms with van der Waals surface area (Å²) in [6.07, 6.45) is 2.33. The normalized spacial score (nSPS) is 17.7. The quantitative estimate of drug-likeness (QED) is 0.268. The van der Waals surface area contributed by atoms with E-state index in [1.807, 2.05) is 60.3 Å². The average Bonchev–Trinajstić information content (AvgIpc) is 2.99. The Balaban J connectivity index is -0.00000268. The number of nitrogens with one attached hydrogen (secondary N) is 1. The molecule has 14 heteroatoms. The number of hydrogen-bond acceptors (Lipinski definition) is 11. The van der Waals surface area contributed by atoms with Crippen molar-refractivity contribution in [1.29, 1.82) is 0 Å². The van der Waals surface area contributed by atoms with Gasteiger partial charge in [-0.15, -0.1) is 0 Å². The van der Waals surface area contributed by atoms with Crippen LogP contribution < -0.4 is 11.1 Å². The number of unbranched alkanes of at least 4 members (excludes halogenated alkanes) is 1. The number of esters is 2. The van der Waals surface area contributed by atoms with Gasteiger partial charge in [-0.2, -0.15) is 0 Å². The molecule has 298 valence electrons. The molecule has 0 aromatic carbocycles. The fourth-order valence-corrected chi connectivity index (χ4v) is 5.36. The number of hydrogen-bond donors (Lipinski definition) is 3. The number of carboxylic acid groups (broad SMARTS) is 1. The Hall–Kier alpha value is -2.52. The lowest BCUT2D eigenvalue weighted by Crippen LogP contribution is -2.49. The van der Waals surface area contributed by atoms with Gasteiger partial charge in [0.25, 0.3) is 0 Å². The summed E-state index contributed by atoms with van der Waals surface area (Å²) in [6.45, 7) is 29.4. The fraction of sp³-hybridized carbons (Fsp3) is 0.889. The van der Waals surface area contributed by atoms with Gasteiger partial charge in [-0.1, -0.05) is 34.6 Å². The summed E-state index contributed by atoms with van der Waals surface area (Å²) in [5.41, 5.74) is 2.95. The molecule has 0 aliphatic carbocycles. The Morgan fingerprint density at radius 3 is 1.36 bits per heavy atom. The Labute approximate surface area is 305 Å². The van der Waals surface area contributed by atoms with Crippen molar-refractivity contribution in [2.75, 3.05) is 105 Å². The van der Waals surface area contributed by atoms with Gasteiger partial charge in [-0.3, -0.25) is 24.2 Å². The topological polar surface area (TPSA) is 161 Å². The molecule has 2 amide bonds. The number of ether oxygens (including phenoxy) is 2. The summed E-state index contributed by atoms with van der Waals surface area (Å²) >= 11 is 0. The molecule has 2 aliphatic heterocycles. The zero-order valence-electron chi connectivity index (χ0n) is 32.4. The molecule has 2 aliphatic rings. The van der Waals surface area contributed by atoms with Crippen molar-refractivity contribution >= 4 is 23.9 Å². The van der Waals surface area contributed by atoms with Crippen LogP contribution in [0.4, 0.5) is 4.79 Å². The molecule has 0 atom stereocenters. The molecular formula is C36H77N7O7. The summed E-state index contributed by atoms with van der Waals surface area (Å²) in [7, 11) is 0. The van der Waals surface area contributed by atoms with Gasteiger partial charge < -0.3 is 40.3 Å². The first-order chi connectivity index (χ1) is 23.0. The lowest BCUT2D eigenvalue weighted by Gasteiger charge is -2.34. The Morgan fingerprint density at radius 1 is 0.680 bits per heavy atom. The summed E-state index contributed by atoms with van der Waals surface area (Å²) in [5.74, 6) is -0.214. The highest BCUT2D eigenvalue weighted by Crippen LogP contribution is 2.11. The van der Waals surface area contributed by atoms with Crippen LogP contribution in [0.25, 0.3) is 0 Å². The minimum atomic E-state index is -1.33. The first-order valence-corrected chi connectivity index (χ1v) is 18.3. The largest absolute Gasteiger partial charge is 0.465 e. The van der Waals surface area contributed by atoms with Gasteiger partial charge in [-0.25, -0.2) is 4.79 Å². The lowest BCUT2D eigenvalue weighted by molar-refractivity contribution is -0.158. The number of carbonyl (C=O) groups excluding carboxylic acids is 3. The Kier molecular flexibility index (Phi) is 27.0. The first-order valence-electron chi connectivity index (χ1n) is 18.3. The predicted molar refractivity (Wildman–Crippen MR) is 203 cm³/mol. The second-order valence-corrected chi connectivity index (χ2v) is 14.3. The number of piperazine rings is 1. The highest BCUT2D eigenvalue weighted by atomic mass is 16.6. The third-order valence-electron chi connectivity index (χ3n) is 7.64. The maximum atomic E-state index is 12.8. The van der Waals surface area contributed by atoms with Crippen molar-refractivity contribution in [2.45, 2.75) is 107 Å². The van der Waals surface area contributed by atoms with Crippen LogP contribution in [0, 0.1) is 0 Å². The van der Waals surface area contributed by atoms with Gasteiger partial charge in [0, 0.05) is 86.4 Å². The standard InChI is InChI=1S/C32H62N6O5.C2H6.CH3NO2.CH4.H2/c1-8-9-14-34-18-19-35(15-10-11-28(39)38-16-12-33-13-17-38)21-23-37(27-30(41)43-32(5,6)7)25-24-36(22-20-34)26-29(40)42-31(2,3)4;1-2;2-1(3)4;;/h33H,8-27H2,1-7H3;1-2H3;2H2,(H,3,4);1H4;1H. The summed E-state index contributed by atoms with van der Waals surface area (Å²) in [4.78, 5) is 58.4. The minimum Gasteiger partial charge on any atom is -0.465 e. The third kappa shape index (κ3) is 27.2. The van der Waals surface area contributed by atoms with E-state index in [-0.39, 0.29) is 39.8 Å². The van der Waals surface area contributed by atoms with Crippen molar-refractivity contribution in [3.8, 4) is 0 Å². The highest BCUT2D eigenvalue weighted by Gasteiger charge is 2.24. The van der Waals surface area contributed by atoms with Gasteiger partial charge in [0.05, 0.1) is 13.1 Å². The van der Waals surface area contributed by atoms with Gasteiger partial charge >= 0.3 is 18.0 Å². The maximum Gasteiger partial charge on any atom is 0.402 e. The van der Waals surface area contributed by atoms with E-state index in [0.717, 1.165) is 91.3 Å². The van der Waals surface area contributed by atoms with Gasteiger partial charge in [-0.05, 0) is 67.5 Å². The van der Waals surface area contributed by atoms with E-state index < -0.39 is 17.3 Å². The van der Waals surface area contributed by atoms with Gasteiger partial charge in [0.2, 0.25) is 5.91 Å². The fourth-order valence-electron chi connectivity index (χ4n) is 5.36. The average molecular weight is 720 g/mol. The molecule has 0 bridgehead atoms. The molecule has 0 aromatic heterocycles. The summed E-state index contributed by atoms with van der Waals surface area (Å²) in [6, 6.07) is 0. The van der Waals surface area contributed by atoms with Crippen LogP contribution in [0.15, 0.2) is 0 Å². The van der Waals surface area contributed by atoms with Crippen LogP contribution in [-0.2, 0) is 23.9 Å². The molecule has 2 heterocycles. The van der Waals surface area contributed by atoms with Crippen molar-refractivity contribution in [2.24, 2.45) is 5.73 Å². The monoisotopic (exact) mass is 720 g/mol. The van der Waals surface area contributed by atoms with Crippen molar-refractivity contribution in [3.63, 3.8) is 0 Å². The summed E-state index contributed by atoms with van der Waals surface area (Å²) in [5, 5.41) is 10.5. The third-order valence-corrected chi connectivity index (χ3v) is 7.64. The molecule has 50 heavy (non-hydrogen) atoms. The van der Waals surface area contributed by atoms with Crippen LogP contribution in [-0.4, -0.2) is 169 Å². The van der Waals surface area contributed by atoms with E-state index in [1.54, 1.807) is 0 Å². The van der Waals surface area contributed by atoms with Crippen molar-refractivity contribution in [3.05, 3.63) is 0 Å². The van der Waals surface area contributed by atoms with E-state index in [4.69, 9.17) is 19.4 Å². The molecule has 2 fully saturated rings. The van der Waals surface area contributed by atoms with Crippen molar-refractivity contribution < 1.29 is 35.2 Å². The number of nitrogens with zero attached hydrogens (tertiary/aromatic N) is 5. The van der Waals surface area contributed by atoms with Crippen LogP contribution in [0.5, 0.6) is 0 Å². The molecule has 14 nitrogen and oxygen atoms in total. The van der Waals surface area contributed by atoms with Crippen LogP contribution in [0.1, 0.15) is 96.9 Å². The van der Waals surface area contributed by atoms with E-state index in [9.17, 15) is 14.4 Å². The Morgan fingerprint density at radius 2 is 1.02 bits per heavy atom.